The molecule has 0 aromatic heterocycles. The van der Waals surface area contributed by atoms with Gasteiger partial charge in [0, 0.05) is 12.8 Å². The third-order valence-electron chi connectivity index (χ3n) is 4.87. The molecule has 0 radical (unpaired) electrons. The van der Waals surface area contributed by atoms with Crippen molar-refractivity contribution in [3.8, 4) is 0 Å². The average molecular weight is 407 g/mol. The van der Waals surface area contributed by atoms with E-state index in [0.717, 1.165) is 32.1 Å². The molecule has 1 aromatic carbocycles. The van der Waals surface area contributed by atoms with Crippen LogP contribution in [0.15, 0.2) is 30.3 Å². The lowest BCUT2D eigenvalue weighted by Gasteiger charge is -2.15. The second-order valence-corrected chi connectivity index (χ2v) is 7.34. The molecule has 0 aliphatic rings. The van der Waals surface area contributed by atoms with Crippen molar-refractivity contribution < 1.29 is 24.7 Å². The Morgan fingerprint density at radius 1 is 0.828 bits per heavy atom. The van der Waals surface area contributed by atoms with E-state index in [1.54, 1.807) is 0 Å². The van der Waals surface area contributed by atoms with E-state index >= 15 is 0 Å². The topological polar surface area (TPSA) is 116 Å². The maximum Gasteiger partial charge on any atom is 0.303 e. The number of hydrogen-bond acceptors (Lipinski definition) is 4. The Balaban J connectivity index is 2.01. The molecular formula is C22H34N2O5. The molecule has 2 amide bonds. The van der Waals surface area contributed by atoms with E-state index in [1.165, 1.54) is 36.7 Å². The van der Waals surface area contributed by atoms with Crippen molar-refractivity contribution in [3.63, 3.8) is 0 Å². The number of unbranched alkanes of at least 4 members (excludes halogenated alkanes) is 7. The SMILES string of the molecule is O=C(O)CC[C@@H](NC(=O)CCCCCCCCCCc1ccccc1)C(=O)NO. The number of carbonyl (C=O) groups excluding carboxylic acids is 2. The predicted molar refractivity (Wildman–Crippen MR) is 110 cm³/mol. The van der Waals surface area contributed by atoms with Crippen LogP contribution in [0.5, 0.6) is 0 Å². The quantitative estimate of drug-likeness (QED) is 0.190. The molecule has 0 saturated heterocycles. The van der Waals surface area contributed by atoms with Gasteiger partial charge >= 0.3 is 5.97 Å². The van der Waals surface area contributed by atoms with Crippen molar-refractivity contribution in [1.29, 1.82) is 0 Å². The molecule has 0 heterocycles. The summed E-state index contributed by atoms with van der Waals surface area (Å²) in [6.07, 6.45) is 9.90. The summed E-state index contributed by atoms with van der Waals surface area (Å²) in [6, 6.07) is 9.50. The number of nitrogens with one attached hydrogen (secondary N) is 2. The standard InChI is InChI=1S/C22H34N2O5/c25-20(23-19(22(28)24-29)16-17-21(26)27)15-11-6-4-2-1-3-5-8-12-18-13-9-7-10-14-18/h7,9-10,13-14,19,29H,1-6,8,11-12,15-17H2,(H,23,25)(H,24,28)(H,26,27)/t19-/m1/s1. The fourth-order valence-electron chi connectivity index (χ4n) is 3.20. The van der Waals surface area contributed by atoms with E-state index in [-0.39, 0.29) is 18.7 Å². The first-order valence-electron chi connectivity index (χ1n) is 10.5. The van der Waals surface area contributed by atoms with Gasteiger partial charge in [0.05, 0.1) is 0 Å². The third kappa shape index (κ3) is 12.6. The summed E-state index contributed by atoms with van der Waals surface area (Å²) in [5.41, 5.74) is 2.86. The minimum atomic E-state index is -1.06. The molecule has 29 heavy (non-hydrogen) atoms. The highest BCUT2D eigenvalue weighted by atomic mass is 16.5. The second kappa shape index (κ2) is 15.5. The van der Waals surface area contributed by atoms with E-state index in [9.17, 15) is 14.4 Å². The van der Waals surface area contributed by atoms with E-state index in [4.69, 9.17) is 10.3 Å². The highest BCUT2D eigenvalue weighted by molar-refractivity contribution is 5.87. The van der Waals surface area contributed by atoms with Crippen LogP contribution in [-0.4, -0.2) is 34.1 Å². The van der Waals surface area contributed by atoms with E-state index < -0.39 is 17.9 Å². The fourth-order valence-corrected chi connectivity index (χ4v) is 3.20. The van der Waals surface area contributed by atoms with Crippen LogP contribution < -0.4 is 10.8 Å². The Morgan fingerprint density at radius 2 is 1.41 bits per heavy atom. The molecular weight excluding hydrogens is 372 g/mol. The lowest BCUT2D eigenvalue weighted by atomic mass is 10.0. The number of amides is 2. The van der Waals surface area contributed by atoms with Gasteiger partial charge in [-0.1, -0.05) is 68.9 Å². The highest BCUT2D eigenvalue weighted by Crippen LogP contribution is 2.12. The number of benzene rings is 1. The first-order chi connectivity index (χ1) is 14.0. The molecule has 0 saturated carbocycles. The highest BCUT2D eigenvalue weighted by Gasteiger charge is 2.21. The number of hydroxylamine groups is 1. The van der Waals surface area contributed by atoms with E-state index in [2.05, 4.69) is 29.6 Å². The average Bonchev–Trinajstić information content (AvgIpc) is 2.72. The van der Waals surface area contributed by atoms with Crippen LogP contribution in [0.4, 0.5) is 0 Å². The van der Waals surface area contributed by atoms with Crippen molar-refractivity contribution in [1.82, 2.24) is 10.8 Å². The van der Waals surface area contributed by atoms with Gasteiger partial charge in [0.15, 0.2) is 0 Å². The number of carboxylic acids is 1. The summed E-state index contributed by atoms with van der Waals surface area (Å²) in [7, 11) is 0. The number of rotatable bonds is 16. The Morgan fingerprint density at radius 3 is 2.00 bits per heavy atom. The zero-order valence-electron chi connectivity index (χ0n) is 17.1. The van der Waals surface area contributed by atoms with Crippen LogP contribution in [0.3, 0.4) is 0 Å². The van der Waals surface area contributed by atoms with Crippen LogP contribution in [0.1, 0.15) is 76.2 Å². The van der Waals surface area contributed by atoms with Gasteiger partial charge in [0.2, 0.25) is 5.91 Å². The van der Waals surface area contributed by atoms with Crippen molar-refractivity contribution in [2.24, 2.45) is 0 Å². The van der Waals surface area contributed by atoms with Gasteiger partial charge in [0.25, 0.3) is 5.91 Å². The molecule has 0 bridgehead atoms. The third-order valence-corrected chi connectivity index (χ3v) is 4.87. The summed E-state index contributed by atoms with van der Waals surface area (Å²) < 4.78 is 0. The minimum Gasteiger partial charge on any atom is -0.481 e. The Labute approximate surface area is 172 Å². The van der Waals surface area contributed by atoms with Crippen LogP contribution >= 0.6 is 0 Å². The molecule has 0 spiro atoms. The van der Waals surface area contributed by atoms with Crippen LogP contribution in [-0.2, 0) is 20.8 Å². The van der Waals surface area contributed by atoms with Gasteiger partial charge < -0.3 is 10.4 Å². The first-order valence-corrected chi connectivity index (χ1v) is 10.5. The molecule has 1 atom stereocenters. The van der Waals surface area contributed by atoms with Gasteiger partial charge in [0.1, 0.15) is 6.04 Å². The van der Waals surface area contributed by atoms with Crippen molar-refractivity contribution in [2.75, 3.05) is 0 Å². The molecule has 162 valence electrons. The van der Waals surface area contributed by atoms with Gasteiger partial charge in [-0.2, -0.15) is 0 Å². The zero-order valence-corrected chi connectivity index (χ0v) is 17.1. The summed E-state index contributed by atoms with van der Waals surface area (Å²) >= 11 is 0. The minimum absolute atomic E-state index is 0.0578. The number of hydrogen-bond donors (Lipinski definition) is 4. The molecule has 0 aliphatic heterocycles. The smallest absolute Gasteiger partial charge is 0.303 e. The lowest BCUT2D eigenvalue weighted by Crippen LogP contribution is -2.46. The van der Waals surface area contributed by atoms with Gasteiger partial charge in [-0.25, -0.2) is 5.48 Å². The lowest BCUT2D eigenvalue weighted by molar-refractivity contribution is -0.139. The number of carbonyl (C=O) groups is 3. The molecule has 0 unspecified atom stereocenters. The van der Waals surface area contributed by atoms with Crippen molar-refractivity contribution >= 4 is 17.8 Å². The van der Waals surface area contributed by atoms with Crippen molar-refractivity contribution in [2.45, 2.75) is 83.1 Å². The van der Waals surface area contributed by atoms with Crippen molar-refractivity contribution in [3.05, 3.63) is 35.9 Å². The number of carboxylic acid groups (broad SMARTS) is 1. The van der Waals surface area contributed by atoms with Crippen LogP contribution in [0.25, 0.3) is 0 Å². The maximum absolute atomic E-state index is 11.9. The zero-order chi connectivity index (χ0) is 21.3. The fraction of sp³-hybridized carbons (Fsp3) is 0.591. The number of aryl methyl sites for hydroxylation is 1. The van der Waals surface area contributed by atoms with Crippen LogP contribution in [0, 0.1) is 0 Å². The second-order valence-electron chi connectivity index (χ2n) is 7.34. The molecule has 0 fully saturated rings. The summed E-state index contributed by atoms with van der Waals surface area (Å²) in [5, 5.41) is 19.9. The van der Waals surface area contributed by atoms with E-state index in [0.29, 0.717) is 6.42 Å². The summed E-state index contributed by atoms with van der Waals surface area (Å²) in [4.78, 5) is 34.0. The largest absolute Gasteiger partial charge is 0.481 e. The Hall–Kier alpha value is -2.41. The normalized spacial score (nSPS) is 11.6. The van der Waals surface area contributed by atoms with Gasteiger partial charge in [-0.15, -0.1) is 0 Å². The molecule has 1 aromatic rings. The summed E-state index contributed by atoms with van der Waals surface area (Å²) in [6.45, 7) is 0. The summed E-state index contributed by atoms with van der Waals surface area (Å²) in [5.74, 6) is -2.16. The predicted octanol–water partition coefficient (Wildman–Crippen LogP) is 3.60. The molecule has 1 rings (SSSR count). The Bertz CT molecular complexity index is 606. The van der Waals surface area contributed by atoms with Crippen LogP contribution in [0.2, 0.25) is 0 Å². The first kappa shape index (κ1) is 24.6. The molecule has 4 N–H and O–H groups in total. The monoisotopic (exact) mass is 406 g/mol. The van der Waals surface area contributed by atoms with E-state index in [1.807, 2.05) is 6.07 Å². The number of aliphatic carboxylic acids is 1. The van der Waals surface area contributed by atoms with Gasteiger partial charge in [-0.3, -0.25) is 19.6 Å². The molecule has 0 aliphatic carbocycles. The Kier molecular flexibility index (Phi) is 13.2. The van der Waals surface area contributed by atoms with Gasteiger partial charge in [-0.05, 0) is 31.2 Å². The molecule has 7 heteroatoms. The molecule has 7 nitrogen and oxygen atoms in total. The maximum atomic E-state index is 11.9.